The van der Waals surface area contributed by atoms with E-state index in [2.05, 4.69) is 0 Å². The maximum atomic E-state index is 11.7. The minimum atomic E-state index is -0.957. The molecule has 0 aromatic heterocycles. The van der Waals surface area contributed by atoms with Crippen LogP contribution in [0.5, 0.6) is 5.75 Å². The van der Waals surface area contributed by atoms with Crippen LogP contribution in [0.15, 0.2) is 18.2 Å². The van der Waals surface area contributed by atoms with E-state index in [0.717, 1.165) is 11.3 Å². The van der Waals surface area contributed by atoms with E-state index in [4.69, 9.17) is 9.84 Å². The van der Waals surface area contributed by atoms with Gasteiger partial charge in [-0.1, -0.05) is 0 Å². The van der Waals surface area contributed by atoms with Gasteiger partial charge in [-0.2, -0.15) is 0 Å². The van der Waals surface area contributed by atoms with Crippen LogP contribution in [0, 0.1) is 6.92 Å². The van der Waals surface area contributed by atoms with E-state index in [1.54, 1.807) is 18.2 Å². The molecule has 0 spiro atoms. The smallest absolute Gasteiger partial charge is 0.303 e. The van der Waals surface area contributed by atoms with Gasteiger partial charge in [0.1, 0.15) is 5.75 Å². The summed E-state index contributed by atoms with van der Waals surface area (Å²) in [6.07, 6.45) is -0.103. The van der Waals surface area contributed by atoms with Crippen molar-refractivity contribution in [1.29, 1.82) is 0 Å². The fourth-order valence-corrected chi connectivity index (χ4v) is 1.51. The summed E-state index contributed by atoms with van der Waals surface area (Å²) >= 11 is 0. The number of carbonyl (C=O) groups excluding carboxylic acids is 1. The maximum Gasteiger partial charge on any atom is 0.303 e. The van der Waals surface area contributed by atoms with Gasteiger partial charge >= 0.3 is 5.97 Å². The topological polar surface area (TPSA) is 63.6 Å². The maximum absolute atomic E-state index is 11.7. The molecule has 92 valence electrons. The van der Waals surface area contributed by atoms with E-state index in [9.17, 15) is 9.59 Å². The lowest BCUT2D eigenvalue weighted by Crippen LogP contribution is -2.04. The van der Waals surface area contributed by atoms with E-state index in [1.165, 1.54) is 0 Å². The summed E-state index contributed by atoms with van der Waals surface area (Å²) in [5.41, 5.74) is 1.42. The number of ether oxygens (including phenoxy) is 1. The Bertz CT molecular complexity index is 423. The number of ketones is 1. The number of carbonyl (C=O) groups is 2. The molecule has 0 saturated heterocycles. The number of aryl methyl sites for hydroxylation is 1. The van der Waals surface area contributed by atoms with Crippen LogP contribution in [0.3, 0.4) is 0 Å². The lowest BCUT2D eigenvalue weighted by Gasteiger charge is -2.08. The molecule has 17 heavy (non-hydrogen) atoms. The molecular formula is C13H16O4. The van der Waals surface area contributed by atoms with Crippen molar-refractivity contribution in [2.45, 2.75) is 26.7 Å². The monoisotopic (exact) mass is 236 g/mol. The van der Waals surface area contributed by atoms with Crippen molar-refractivity contribution in [3.63, 3.8) is 0 Å². The predicted molar refractivity (Wildman–Crippen MR) is 63.5 cm³/mol. The Hall–Kier alpha value is -1.84. The van der Waals surface area contributed by atoms with Gasteiger partial charge in [0, 0.05) is 12.0 Å². The molecule has 4 nitrogen and oxygen atoms in total. The molecule has 1 aromatic carbocycles. The van der Waals surface area contributed by atoms with Gasteiger partial charge in [-0.25, -0.2) is 0 Å². The average molecular weight is 236 g/mol. The standard InChI is InChI=1S/C13H16O4/c1-3-17-12-6-4-10(8-9(12)2)11(14)5-7-13(15)16/h4,6,8H,3,5,7H2,1-2H3,(H,15,16). The van der Waals surface area contributed by atoms with Gasteiger partial charge in [-0.3, -0.25) is 9.59 Å². The van der Waals surface area contributed by atoms with Crippen molar-refractivity contribution >= 4 is 11.8 Å². The summed E-state index contributed by atoms with van der Waals surface area (Å²) in [7, 11) is 0. The van der Waals surface area contributed by atoms with Gasteiger partial charge in [0.05, 0.1) is 13.0 Å². The van der Waals surface area contributed by atoms with Gasteiger partial charge < -0.3 is 9.84 Å². The SMILES string of the molecule is CCOc1ccc(C(=O)CCC(=O)O)cc1C. The molecule has 0 unspecified atom stereocenters. The zero-order valence-corrected chi connectivity index (χ0v) is 10.0. The number of Topliss-reactive ketones (excluding diaryl/α,β-unsaturated/α-hetero) is 1. The third kappa shape index (κ3) is 3.90. The molecule has 1 N–H and O–H groups in total. The minimum Gasteiger partial charge on any atom is -0.494 e. The van der Waals surface area contributed by atoms with Crippen molar-refractivity contribution in [3.05, 3.63) is 29.3 Å². The highest BCUT2D eigenvalue weighted by Crippen LogP contribution is 2.20. The summed E-state index contributed by atoms with van der Waals surface area (Å²) in [6.45, 7) is 4.33. The number of benzene rings is 1. The number of hydrogen-bond acceptors (Lipinski definition) is 3. The molecule has 0 bridgehead atoms. The lowest BCUT2D eigenvalue weighted by atomic mass is 10.0. The van der Waals surface area contributed by atoms with Crippen molar-refractivity contribution < 1.29 is 19.4 Å². The Labute approximate surface area is 100 Å². The molecule has 0 aliphatic heterocycles. The Kier molecular flexibility index (Phi) is 4.69. The van der Waals surface area contributed by atoms with Crippen molar-refractivity contribution in [3.8, 4) is 5.75 Å². The third-order valence-electron chi connectivity index (χ3n) is 2.36. The number of carboxylic acids is 1. The Morgan fingerprint density at radius 3 is 2.53 bits per heavy atom. The molecule has 0 aliphatic carbocycles. The van der Waals surface area contributed by atoms with Crippen LogP contribution in [0.25, 0.3) is 0 Å². The summed E-state index contributed by atoms with van der Waals surface area (Å²) < 4.78 is 5.36. The molecule has 0 aliphatic rings. The van der Waals surface area contributed by atoms with Crippen LogP contribution >= 0.6 is 0 Å². The molecule has 0 atom stereocenters. The Morgan fingerprint density at radius 2 is 2.00 bits per heavy atom. The first-order chi connectivity index (χ1) is 8.04. The van der Waals surface area contributed by atoms with E-state index in [0.29, 0.717) is 12.2 Å². The van der Waals surface area contributed by atoms with Crippen molar-refractivity contribution in [1.82, 2.24) is 0 Å². The second kappa shape index (κ2) is 6.03. The van der Waals surface area contributed by atoms with E-state index < -0.39 is 5.97 Å². The predicted octanol–water partition coefficient (Wildman–Crippen LogP) is 2.44. The zero-order chi connectivity index (χ0) is 12.8. The molecule has 0 radical (unpaired) electrons. The summed E-state index contributed by atoms with van der Waals surface area (Å²) in [5, 5.41) is 8.51. The highest BCUT2D eigenvalue weighted by Gasteiger charge is 2.10. The molecule has 1 rings (SSSR count). The summed E-state index contributed by atoms with van der Waals surface area (Å²) in [4.78, 5) is 22.0. The van der Waals surface area contributed by atoms with Crippen molar-refractivity contribution in [2.75, 3.05) is 6.61 Å². The Morgan fingerprint density at radius 1 is 1.29 bits per heavy atom. The quantitative estimate of drug-likeness (QED) is 0.770. The molecular weight excluding hydrogens is 220 g/mol. The highest BCUT2D eigenvalue weighted by molar-refractivity contribution is 5.97. The summed E-state index contributed by atoms with van der Waals surface area (Å²) in [6, 6.07) is 5.14. The van der Waals surface area contributed by atoms with Crippen LogP contribution in [0.4, 0.5) is 0 Å². The molecule has 0 heterocycles. The fourth-order valence-electron chi connectivity index (χ4n) is 1.51. The molecule has 0 amide bonds. The normalized spacial score (nSPS) is 10.0. The van der Waals surface area contributed by atoms with Gasteiger partial charge in [0.25, 0.3) is 0 Å². The van der Waals surface area contributed by atoms with Crippen LogP contribution in [0.1, 0.15) is 35.7 Å². The van der Waals surface area contributed by atoms with Crippen molar-refractivity contribution in [2.24, 2.45) is 0 Å². The van der Waals surface area contributed by atoms with Gasteiger partial charge in [-0.15, -0.1) is 0 Å². The van der Waals surface area contributed by atoms with E-state index >= 15 is 0 Å². The van der Waals surface area contributed by atoms with Gasteiger partial charge in [0.15, 0.2) is 5.78 Å². The Balaban J connectivity index is 2.75. The summed E-state index contributed by atoms with van der Waals surface area (Å²) in [5.74, 6) is -0.359. The number of hydrogen-bond donors (Lipinski definition) is 1. The van der Waals surface area contributed by atoms with E-state index in [-0.39, 0.29) is 18.6 Å². The number of carboxylic acid groups (broad SMARTS) is 1. The molecule has 0 fully saturated rings. The number of aliphatic carboxylic acids is 1. The average Bonchev–Trinajstić information content (AvgIpc) is 2.28. The largest absolute Gasteiger partial charge is 0.494 e. The third-order valence-corrected chi connectivity index (χ3v) is 2.36. The van der Waals surface area contributed by atoms with Crippen LogP contribution in [-0.4, -0.2) is 23.5 Å². The lowest BCUT2D eigenvalue weighted by molar-refractivity contribution is -0.136. The first kappa shape index (κ1) is 13.2. The zero-order valence-electron chi connectivity index (χ0n) is 10.0. The van der Waals surface area contributed by atoms with Crippen LogP contribution in [0.2, 0.25) is 0 Å². The van der Waals surface area contributed by atoms with Crippen LogP contribution < -0.4 is 4.74 Å². The second-order valence-electron chi connectivity index (χ2n) is 3.73. The molecule has 1 aromatic rings. The molecule has 4 heteroatoms. The highest BCUT2D eigenvalue weighted by atomic mass is 16.5. The number of rotatable bonds is 6. The second-order valence-corrected chi connectivity index (χ2v) is 3.73. The van der Waals surface area contributed by atoms with Gasteiger partial charge in [-0.05, 0) is 37.6 Å². The molecule has 0 saturated carbocycles. The van der Waals surface area contributed by atoms with Crippen LogP contribution in [-0.2, 0) is 4.79 Å². The fraction of sp³-hybridized carbons (Fsp3) is 0.385. The van der Waals surface area contributed by atoms with E-state index in [1.807, 2.05) is 13.8 Å². The first-order valence-corrected chi connectivity index (χ1v) is 5.53. The minimum absolute atomic E-state index is 0.0305. The first-order valence-electron chi connectivity index (χ1n) is 5.53. The van der Waals surface area contributed by atoms with Gasteiger partial charge in [0.2, 0.25) is 0 Å².